The van der Waals surface area contributed by atoms with Gasteiger partial charge in [0.05, 0.1) is 11.0 Å². The lowest BCUT2D eigenvalue weighted by molar-refractivity contribution is -0.160. The van der Waals surface area contributed by atoms with Crippen molar-refractivity contribution in [2.45, 2.75) is 70.1 Å². The third-order valence-electron chi connectivity index (χ3n) is 8.06. The third-order valence-corrected chi connectivity index (χ3v) is 8.06. The molecule has 4 saturated carbocycles. The van der Waals surface area contributed by atoms with Crippen LogP contribution in [0, 0.1) is 23.2 Å². The molecule has 7 heteroatoms. The number of hydrogen-bond acceptors (Lipinski definition) is 2. The second kappa shape index (κ2) is 7.52. The van der Waals surface area contributed by atoms with Crippen molar-refractivity contribution in [2.75, 3.05) is 6.54 Å². The largest absolute Gasteiger partial charge is 0.416 e. The average Bonchev–Trinajstić information content (AvgIpc) is 3.20. The lowest BCUT2D eigenvalue weighted by atomic mass is 9.49. The van der Waals surface area contributed by atoms with E-state index in [4.69, 9.17) is 0 Å². The average molecular weight is 435 g/mol. The van der Waals surface area contributed by atoms with Crippen LogP contribution in [0.15, 0.2) is 24.3 Å². The van der Waals surface area contributed by atoms with Crippen LogP contribution >= 0.6 is 0 Å². The van der Waals surface area contributed by atoms with Gasteiger partial charge < -0.3 is 10.2 Å². The Bertz CT molecular complexity index is 829. The smallest absolute Gasteiger partial charge is 0.350 e. The summed E-state index contributed by atoms with van der Waals surface area (Å²) in [5, 5.41) is 2.84. The van der Waals surface area contributed by atoms with Crippen LogP contribution in [0.25, 0.3) is 0 Å². The molecule has 2 amide bonds. The molecule has 0 aromatic heterocycles. The standard InChI is InChI=1S/C24H29F3N2O2/c25-24(26,27)19-5-3-15(4-6-19)14-28-21(30)20-2-1-7-29(20)22(31)23-11-16-8-17(12-23)10-18(9-16)13-23/h3-6,16-18,20H,1-2,7-14H2,(H,28,30)/t16?,17?,18?,20-,23?/m1/s1. The van der Waals surface area contributed by atoms with E-state index in [1.54, 1.807) is 0 Å². The Balaban J connectivity index is 1.23. The van der Waals surface area contributed by atoms with E-state index in [2.05, 4.69) is 5.32 Å². The van der Waals surface area contributed by atoms with Crippen molar-refractivity contribution in [1.82, 2.24) is 10.2 Å². The van der Waals surface area contributed by atoms with Crippen molar-refractivity contribution < 1.29 is 22.8 Å². The Morgan fingerprint density at radius 1 is 1.00 bits per heavy atom. The van der Waals surface area contributed by atoms with Crippen molar-refractivity contribution in [1.29, 1.82) is 0 Å². The summed E-state index contributed by atoms with van der Waals surface area (Å²) in [6.45, 7) is 0.784. The number of alkyl halides is 3. The normalized spacial score (nSPS) is 34.2. The first-order chi connectivity index (χ1) is 14.7. The van der Waals surface area contributed by atoms with E-state index in [0.717, 1.165) is 37.8 Å². The number of nitrogens with zero attached hydrogens (tertiary/aromatic N) is 1. The first kappa shape index (κ1) is 20.8. The van der Waals surface area contributed by atoms with Gasteiger partial charge in [-0.3, -0.25) is 9.59 Å². The van der Waals surface area contributed by atoms with Crippen LogP contribution in [0.2, 0.25) is 0 Å². The van der Waals surface area contributed by atoms with Crippen molar-refractivity contribution >= 4 is 11.8 Å². The van der Waals surface area contributed by atoms with E-state index in [9.17, 15) is 22.8 Å². The van der Waals surface area contributed by atoms with Crippen LogP contribution in [-0.2, 0) is 22.3 Å². The minimum absolute atomic E-state index is 0.160. The predicted octanol–water partition coefficient (Wildman–Crippen LogP) is 4.53. The maximum Gasteiger partial charge on any atom is 0.416 e. The SMILES string of the molecule is O=C(NCc1ccc(C(F)(F)F)cc1)[C@H]1CCCN1C(=O)C12CC3CC(CC(C3)C1)C2. The molecule has 0 radical (unpaired) electrons. The topological polar surface area (TPSA) is 49.4 Å². The highest BCUT2D eigenvalue weighted by atomic mass is 19.4. The number of benzene rings is 1. The van der Waals surface area contributed by atoms with Gasteiger partial charge in [-0.1, -0.05) is 12.1 Å². The van der Waals surface area contributed by atoms with E-state index in [0.29, 0.717) is 36.3 Å². The lowest BCUT2D eigenvalue weighted by Gasteiger charge is -2.56. The minimum Gasteiger partial charge on any atom is -0.350 e. The van der Waals surface area contributed by atoms with Crippen LogP contribution in [0.1, 0.15) is 62.5 Å². The van der Waals surface area contributed by atoms with Crippen molar-refractivity contribution in [2.24, 2.45) is 23.2 Å². The summed E-state index contributed by atoms with van der Waals surface area (Å²) in [6.07, 6.45) is 3.84. The number of likely N-dealkylation sites (tertiary alicyclic amines) is 1. The number of hydrogen-bond donors (Lipinski definition) is 1. The molecule has 31 heavy (non-hydrogen) atoms. The summed E-state index contributed by atoms with van der Waals surface area (Å²) in [5.41, 5.74) is -0.352. The Morgan fingerprint density at radius 3 is 2.13 bits per heavy atom. The number of rotatable bonds is 4. The predicted molar refractivity (Wildman–Crippen MR) is 109 cm³/mol. The Labute approximate surface area is 180 Å². The van der Waals surface area contributed by atoms with E-state index < -0.39 is 17.8 Å². The molecule has 5 aliphatic rings. The van der Waals surface area contributed by atoms with Gasteiger partial charge in [0, 0.05) is 13.1 Å². The molecule has 0 spiro atoms. The molecule has 1 aliphatic heterocycles. The van der Waals surface area contributed by atoms with Crippen molar-refractivity contribution in [3.05, 3.63) is 35.4 Å². The van der Waals surface area contributed by atoms with E-state index in [1.807, 2.05) is 4.90 Å². The summed E-state index contributed by atoms with van der Waals surface area (Å²) in [7, 11) is 0. The highest BCUT2D eigenvalue weighted by Crippen LogP contribution is 2.60. The van der Waals surface area contributed by atoms with Crippen molar-refractivity contribution in [3.63, 3.8) is 0 Å². The van der Waals surface area contributed by atoms with Crippen LogP contribution in [0.3, 0.4) is 0 Å². The second-order valence-electron chi connectivity index (χ2n) is 10.3. The molecule has 4 aliphatic carbocycles. The molecule has 1 atom stereocenters. The number of nitrogens with one attached hydrogen (secondary N) is 1. The van der Waals surface area contributed by atoms with E-state index in [-0.39, 0.29) is 23.8 Å². The molecule has 4 nitrogen and oxygen atoms in total. The Kier molecular flexibility index (Phi) is 5.05. The quantitative estimate of drug-likeness (QED) is 0.757. The van der Waals surface area contributed by atoms with Gasteiger partial charge >= 0.3 is 6.18 Å². The number of amides is 2. The highest BCUT2D eigenvalue weighted by Gasteiger charge is 2.56. The summed E-state index contributed by atoms with van der Waals surface area (Å²) in [4.78, 5) is 28.4. The molecule has 5 fully saturated rings. The molecule has 0 unspecified atom stereocenters. The van der Waals surface area contributed by atoms with Crippen LogP contribution in [0.5, 0.6) is 0 Å². The van der Waals surface area contributed by atoms with Gasteiger partial charge in [-0.15, -0.1) is 0 Å². The monoisotopic (exact) mass is 434 g/mol. The van der Waals surface area contributed by atoms with Crippen LogP contribution in [-0.4, -0.2) is 29.3 Å². The fraction of sp³-hybridized carbons (Fsp3) is 0.667. The summed E-state index contributed by atoms with van der Waals surface area (Å²) >= 11 is 0. The third kappa shape index (κ3) is 3.85. The molecular weight excluding hydrogens is 405 g/mol. The van der Waals surface area contributed by atoms with Gasteiger partial charge in [0.1, 0.15) is 6.04 Å². The van der Waals surface area contributed by atoms with E-state index in [1.165, 1.54) is 31.4 Å². The van der Waals surface area contributed by atoms with Crippen LogP contribution in [0.4, 0.5) is 13.2 Å². The first-order valence-corrected chi connectivity index (χ1v) is 11.5. The van der Waals surface area contributed by atoms with Gasteiger partial charge in [0.25, 0.3) is 0 Å². The van der Waals surface area contributed by atoms with Gasteiger partial charge in [0.2, 0.25) is 11.8 Å². The fourth-order valence-corrected chi connectivity index (χ4v) is 7.08. The Morgan fingerprint density at radius 2 is 1.58 bits per heavy atom. The van der Waals surface area contributed by atoms with Gasteiger partial charge in [-0.2, -0.15) is 13.2 Å². The molecule has 168 valence electrons. The number of halogens is 3. The van der Waals surface area contributed by atoms with Crippen molar-refractivity contribution in [3.8, 4) is 0 Å². The van der Waals surface area contributed by atoms with Gasteiger partial charge in [0.15, 0.2) is 0 Å². The first-order valence-electron chi connectivity index (χ1n) is 11.5. The number of carbonyl (C=O) groups is 2. The molecule has 1 aromatic rings. The molecule has 1 saturated heterocycles. The van der Waals surface area contributed by atoms with Crippen LogP contribution < -0.4 is 5.32 Å². The number of carbonyl (C=O) groups excluding carboxylic acids is 2. The second-order valence-corrected chi connectivity index (χ2v) is 10.3. The lowest BCUT2D eigenvalue weighted by Crippen LogP contribution is -2.57. The maximum absolute atomic E-state index is 13.7. The zero-order valence-electron chi connectivity index (χ0n) is 17.6. The van der Waals surface area contributed by atoms with Gasteiger partial charge in [-0.25, -0.2) is 0 Å². The summed E-state index contributed by atoms with van der Waals surface area (Å²) in [5.74, 6) is 1.99. The Hall–Kier alpha value is -2.05. The molecule has 6 rings (SSSR count). The zero-order chi connectivity index (χ0) is 21.8. The summed E-state index contributed by atoms with van der Waals surface area (Å²) in [6, 6.07) is 4.36. The summed E-state index contributed by atoms with van der Waals surface area (Å²) < 4.78 is 38.2. The van der Waals surface area contributed by atoms with E-state index >= 15 is 0 Å². The molecular formula is C24H29F3N2O2. The van der Waals surface area contributed by atoms with Gasteiger partial charge in [-0.05, 0) is 86.8 Å². The molecule has 1 aromatic carbocycles. The molecule has 4 bridgehead atoms. The molecule has 1 N–H and O–H groups in total. The fourth-order valence-electron chi connectivity index (χ4n) is 7.08. The zero-order valence-corrected chi connectivity index (χ0v) is 17.6. The minimum atomic E-state index is -4.37. The molecule has 1 heterocycles. The maximum atomic E-state index is 13.7. The highest BCUT2D eigenvalue weighted by molar-refractivity contribution is 5.91.